The molecule has 2 aromatic rings. The first-order chi connectivity index (χ1) is 7.27. The van der Waals surface area contributed by atoms with Gasteiger partial charge in [-0.1, -0.05) is 11.6 Å². The van der Waals surface area contributed by atoms with Crippen LogP contribution < -0.4 is 0 Å². The van der Waals surface area contributed by atoms with Crippen molar-refractivity contribution in [2.75, 3.05) is 0 Å². The van der Waals surface area contributed by atoms with E-state index in [2.05, 4.69) is 4.98 Å². The summed E-state index contributed by atoms with van der Waals surface area (Å²) in [5.41, 5.74) is 1.33. The van der Waals surface area contributed by atoms with E-state index in [0.29, 0.717) is 17.0 Å². The highest BCUT2D eigenvalue weighted by Gasteiger charge is 2.11. The van der Waals surface area contributed by atoms with Gasteiger partial charge < -0.3 is 4.42 Å². The highest BCUT2D eigenvalue weighted by Crippen LogP contribution is 2.16. The Morgan fingerprint density at radius 1 is 1.47 bits per heavy atom. The third kappa shape index (κ3) is 2.25. The third-order valence-electron chi connectivity index (χ3n) is 2.02. The summed E-state index contributed by atoms with van der Waals surface area (Å²) >= 11 is 5.85. The number of hydrogen-bond donors (Lipinski definition) is 0. The molecule has 0 amide bonds. The lowest BCUT2D eigenvalue weighted by atomic mass is 10.1. The quantitative estimate of drug-likeness (QED) is 0.749. The average molecular weight is 222 g/mol. The molecule has 76 valence electrons. The highest BCUT2D eigenvalue weighted by molar-refractivity contribution is 6.33. The molecular formula is C11H8ClNO2. The van der Waals surface area contributed by atoms with E-state index in [-0.39, 0.29) is 5.78 Å². The minimum absolute atomic E-state index is 0.0381. The number of furan rings is 1. The zero-order valence-corrected chi connectivity index (χ0v) is 8.57. The number of aromatic nitrogens is 1. The van der Waals surface area contributed by atoms with Crippen LogP contribution in [0, 0.1) is 0 Å². The van der Waals surface area contributed by atoms with Crippen LogP contribution in [0.1, 0.15) is 15.9 Å². The Morgan fingerprint density at radius 2 is 2.33 bits per heavy atom. The van der Waals surface area contributed by atoms with Gasteiger partial charge in [-0.25, -0.2) is 0 Å². The maximum Gasteiger partial charge on any atom is 0.168 e. The maximum atomic E-state index is 11.8. The molecule has 0 radical (unpaired) electrons. The summed E-state index contributed by atoms with van der Waals surface area (Å²) < 4.78 is 4.88. The fourth-order valence-electron chi connectivity index (χ4n) is 1.28. The molecule has 0 saturated heterocycles. The van der Waals surface area contributed by atoms with Gasteiger partial charge in [-0.2, -0.15) is 0 Å². The molecule has 0 N–H and O–H groups in total. The normalized spacial score (nSPS) is 10.2. The van der Waals surface area contributed by atoms with Gasteiger partial charge in [0.05, 0.1) is 17.5 Å². The van der Waals surface area contributed by atoms with Crippen LogP contribution in [-0.2, 0) is 6.42 Å². The summed E-state index contributed by atoms with van der Waals surface area (Å²) in [5.74, 6) is -0.0381. The summed E-state index contributed by atoms with van der Waals surface area (Å²) in [6.45, 7) is 0. The molecule has 0 bridgehead atoms. The second-order valence-corrected chi connectivity index (χ2v) is 3.49. The molecular weight excluding hydrogens is 214 g/mol. The van der Waals surface area contributed by atoms with E-state index in [0.717, 1.165) is 5.56 Å². The molecule has 0 aromatic carbocycles. The van der Waals surface area contributed by atoms with Gasteiger partial charge in [-0.05, 0) is 17.7 Å². The zero-order valence-electron chi connectivity index (χ0n) is 7.81. The number of pyridine rings is 1. The van der Waals surface area contributed by atoms with Crippen molar-refractivity contribution in [2.24, 2.45) is 0 Å². The van der Waals surface area contributed by atoms with Crippen molar-refractivity contribution in [1.82, 2.24) is 4.98 Å². The molecule has 0 aliphatic heterocycles. The van der Waals surface area contributed by atoms with Gasteiger partial charge in [-0.3, -0.25) is 9.78 Å². The number of carbonyl (C=O) groups is 1. The first-order valence-electron chi connectivity index (χ1n) is 4.41. The van der Waals surface area contributed by atoms with Crippen molar-refractivity contribution in [3.05, 3.63) is 53.2 Å². The van der Waals surface area contributed by atoms with Crippen molar-refractivity contribution in [3.63, 3.8) is 0 Å². The number of hydrogen-bond acceptors (Lipinski definition) is 3. The van der Waals surface area contributed by atoms with E-state index in [4.69, 9.17) is 16.0 Å². The number of carbonyl (C=O) groups excluding carboxylic acids is 1. The SMILES string of the molecule is O=C(Cc1ccoc1)c1ccncc1Cl. The van der Waals surface area contributed by atoms with E-state index in [1.54, 1.807) is 24.6 Å². The Hall–Kier alpha value is -1.61. The van der Waals surface area contributed by atoms with E-state index in [9.17, 15) is 4.79 Å². The fourth-order valence-corrected chi connectivity index (χ4v) is 1.50. The Balaban J connectivity index is 2.19. The molecule has 15 heavy (non-hydrogen) atoms. The van der Waals surface area contributed by atoms with Crippen LogP contribution in [0.25, 0.3) is 0 Å². The first-order valence-corrected chi connectivity index (χ1v) is 4.79. The Morgan fingerprint density at radius 3 is 3.00 bits per heavy atom. The van der Waals surface area contributed by atoms with Gasteiger partial charge in [0.25, 0.3) is 0 Å². The zero-order chi connectivity index (χ0) is 10.7. The van der Waals surface area contributed by atoms with Gasteiger partial charge in [0, 0.05) is 24.4 Å². The van der Waals surface area contributed by atoms with Crippen molar-refractivity contribution >= 4 is 17.4 Å². The Labute approximate surface area is 91.7 Å². The summed E-state index contributed by atoms with van der Waals surface area (Å²) in [6, 6.07) is 3.37. The second kappa shape index (κ2) is 4.28. The lowest BCUT2D eigenvalue weighted by Gasteiger charge is -2.00. The predicted octanol–water partition coefficient (Wildman–Crippen LogP) is 2.75. The van der Waals surface area contributed by atoms with Crippen LogP contribution in [0.2, 0.25) is 5.02 Å². The van der Waals surface area contributed by atoms with Crippen LogP contribution in [-0.4, -0.2) is 10.8 Å². The third-order valence-corrected chi connectivity index (χ3v) is 2.32. The number of rotatable bonds is 3. The van der Waals surface area contributed by atoms with Gasteiger partial charge in [0.2, 0.25) is 0 Å². The summed E-state index contributed by atoms with van der Waals surface area (Å²) in [4.78, 5) is 15.6. The van der Waals surface area contributed by atoms with Crippen molar-refractivity contribution in [2.45, 2.75) is 6.42 Å². The van der Waals surface area contributed by atoms with Crippen LogP contribution >= 0.6 is 11.6 Å². The predicted molar refractivity (Wildman–Crippen MR) is 56.0 cm³/mol. The van der Waals surface area contributed by atoms with Gasteiger partial charge in [-0.15, -0.1) is 0 Å². The van der Waals surface area contributed by atoms with Crippen molar-refractivity contribution in [3.8, 4) is 0 Å². The van der Waals surface area contributed by atoms with Crippen molar-refractivity contribution < 1.29 is 9.21 Å². The molecule has 0 spiro atoms. The second-order valence-electron chi connectivity index (χ2n) is 3.09. The fraction of sp³-hybridized carbons (Fsp3) is 0.0909. The van der Waals surface area contributed by atoms with E-state index in [1.165, 1.54) is 12.5 Å². The molecule has 0 aliphatic rings. The Bertz CT molecular complexity index is 465. The molecule has 2 rings (SSSR count). The minimum Gasteiger partial charge on any atom is -0.472 e. The summed E-state index contributed by atoms with van der Waals surface area (Å²) in [5, 5.41) is 0.381. The standard InChI is InChI=1S/C11H8ClNO2/c12-10-6-13-3-1-9(10)11(14)5-8-2-4-15-7-8/h1-4,6-7H,5H2. The molecule has 0 unspecified atom stereocenters. The molecule has 0 aliphatic carbocycles. The van der Waals surface area contributed by atoms with E-state index in [1.807, 2.05) is 0 Å². The average Bonchev–Trinajstić information content (AvgIpc) is 2.71. The van der Waals surface area contributed by atoms with Crippen LogP contribution in [0.15, 0.2) is 41.5 Å². The van der Waals surface area contributed by atoms with Gasteiger partial charge >= 0.3 is 0 Å². The monoisotopic (exact) mass is 221 g/mol. The molecule has 3 nitrogen and oxygen atoms in total. The number of Topliss-reactive ketones (excluding diaryl/α,β-unsaturated/α-hetero) is 1. The lowest BCUT2D eigenvalue weighted by molar-refractivity contribution is 0.0993. The molecule has 0 atom stereocenters. The van der Waals surface area contributed by atoms with Gasteiger partial charge in [0.15, 0.2) is 5.78 Å². The highest BCUT2D eigenvalue weighted by atomic mass is 35.5. The largest absolute Gasteiger partial charge is 0.472 e. The first kappa shape index (κ1) is 9.93. The maximum absolute atomic E-state index is 11.8. The van der Waals surface area contributed by atoms with Crippen LogP contribution in [0.4, 0.5) is 0 Å². The molecule has 2 aromatic heterocycles. The van der Waals surface area contributed by atoms with Gasteiger partial charge in [0.1, 0.15) is 0 Å². The molecule has 2 heterocycles. The molecule has 4 heteroatoms. The number of nitrogens with zero attached hydrogens (tertiary/aromatic N) is 1. The summed E-state index contributed by atoms with van der Waals surface area (Å²) in [7, 11) is 0. The summed E-state index contributed by atoms with van der Waals surface area (Å²) in [6.07, 6.45) is 6.39. The van der Waals surface area contributed by atoms with Crippen LogP contribution in [0.5, 0.6) is 0 Å². The number of ketones is 1. The topological polar surface area (TPSA) is 43.1 Å². The van der Waals surface area contributed by atoms with E-state index < -0.39 is 0 Å². The molecule has 0 fully saturated rings. The van der Waals surface area contributed by atoms with E-state index >= 15 is 0 Å². The number of halogens is 1. The van der Waals surface area contributed by atoms with Crippen molar-refractivity contribution in [1.29, 1.82) is 0 Å². The molecule has 0 saturated carbocycles. The minimum atomic E-state index is -0.0381. The Kier molecular flexibility index (Phi) is 2.83. The lowest BCUT2D eigenvalue weighted by Crippen LogP contribution is -2.03. The van der Waals surface area contributed by atoms with Crippen LogP contribution in [0.3, 0.4) is 0 Å². The smallest absolute Gasteiger partial charge is 0.168 e.